The normalized spacial score (nSPS) is 14.7. The first-order chi connectivity index (χ1) is 20.0. The molecule has 2 aliphatic rings. The molecule has 0 atom stereocenters. The number of likely N-dealkylation sites (tertiary alicyclic amines) is 1. The quantitative estimate of drug-likeness (QED) is 0.241. The molecule has 1 fully saturated rings. The van der Waals surface area contributed by atoms with Gasteiger partial charge < -0.3 is 19.9 Å². The third kappa shape index (κ3) is 5.67. The number of pyridine rings is 2. The second kappa shape index (κ2) is 11.7. The number of rotatable bonds is 7. The smallest absolute Gasteiger partial charge is 0.139 e. The number of hydrogen-bond acceptors (Lipinski definition) is 7. The van der Waals surface area contributed by atoms with E-state index in [1.54, 1.807) is 18.3 Å². The predicted octanol–water partition coefficient (Wildman–Crippen LogP) is 7.54. The van der Waals surface area contributed by atoms with E-state index >= 15 is 0 Å². The molecule has 9 heteroatoms. The van der Waals surface area contributed by atoms with E-state index in [4.69, 9.17) is 32.9 Å². The zero-order chi connectivity index (χ0) is 28.3. The lowest BCUT2D eigenvalue weighted by Crippen LogP contribution is -2.25. The van der Waals surface area contributed by atoms with Crippen molar-refractivity contribution < 1.29 is 4.74 Å². The van der Waals surface area contributed by atoms with Crippen molar-refractivity contribution in [2.24, 2.45) is 0 Å². The van der Waals surface area contributed by atoms with Crippen LogP contribution in [0.25, 0.3) is 22.2 Å². The van der Waals surface area contributed by atoms with Gasteiger partial charge in [0.05, 0.1) is 45.3 Å². The van der Waals surface area contributed by atoms with E-state index in [1.807, 2.05) is 30.5 Å². The van der Waals surface area contributed by atoms with Crippen LogP contribution in [-0.4, -0.2) is 46.5 Å². The molecule has 2 aromatic heterocycles. The lowest BCUT2D eigenvalue weighted by Gasteiger charge is -2.27. The van der Waals surface area contributed by atoms with Crippen molar-refractivity contribution in [1.29, 1.82) is 5.26 Å². The summed E-state index contributed by atoms with van der Waals surface area (Å²) in [7, 11) is 1.54. The Bertz CT molecular complexity index is 1700. The lowest BCUT2D eigenvalue weighted by molar-refractivity contribution is 0.379. The number of nitriles is 1. The Kier molecular flexibility index (Phi) is 7.69. The highest BCUT2D eigenvalue weighted by molar-refractivity contribution is 6.37. The fourth-order valence-electron chi connectivity index (χ4n) is 5.26. The number of anilines is 2. The molecular formula is C32H28Cl2N6O. The van der Waals surface area contributed by atoms with E-state index in [2.05, 4.69) is 50.6 Å². The summed E-state index contributed by atoms with van der Waals surface area (Å²) < 4.78 is 5.34. The highest BCUT2D eigenvalue weighted by atomic mass is 35.5. The number of benzene rings is 2. The van der Waals surface area contributed by atoms with Crippen molar-refractivity contribution in [3.05, 3.63) is 100 Å². The lowest BCUT2D eigenvalue weighted by atomic mass is 10.0. The van der Waals surface area contributed by atoms with Crippen molar-refractivity contribution in [1.82, 2.24) is 19.8 Å². The van der Waals surface area contributed by atoms with Gasteiger partial charge >= 0.3 is 0 Å². The van der Waals surface area contributed by atoms with Crippen molar-refractivity contribution in [2.45, 2.75) is 19.4 Å². The highest BCUT2D eigenvalue weighted by Gasteiger charge is 2.17. The Balaban J connectivity index is 1.21. The Hall–Kier alpha value is -4.25. The van der Waals surface area contributed by atoms with E-state index in [0.717, 1.165) is 53.9 Å². The van der Waals surface area contributed by atoms with Crippen LogP contribution in [0.2, 0.25) is 10.0 Å². The first-order valence-corrected chi connectivity index (χ1v) is 14.2. The molecule has 1 N–H and O–H groups in total. The summed E-state index contributed by atoms with van der Waals surface area (Å²) in [4.78, 5) is 14.1. The van der Waals surface area contributed by atoms with Gasteiger partial charge in [0.2, 0.25) is 0 Å². The fraction of sp³-hybridized carbons (Fsp3) is 0.219. The molecule has 206 valence electrons. The monoisotopic (exact) mass is 582 g/mol. The first-order valence-electron chi connectivity index (χ1n) is 13.5. The first kappa shape index (κ1) is 26.9. The summed E-state index contributed by atoms with van der Waals surface area (Å²) in [5, 5.41) is 14.7. The van der Waals surface area contributed by atoms with Crippen LogP contribution in [0.1, 0.15) is 24.0 Å². The van der Waals surface area contributed by atoms with Crippen molar-refractivity contribution in [3.8, 4) is 23.1 Å². The zero-order valence-electron chi connectivity index (χ0n) is 22.6. The molecule has 0 saturated carbocycles. The number of fused-ring (bicyclic) bond motifs is 1. The molecule has 41 heavy (non-hydrogen) atoms. The summed E-state index contributed by atoms with van der Waals surface area (Å²) >= 11 is 12.7. The molecular weight excluding hydrogens is 555 g/mol. The third-order valence-corrected chi connectivity index (χ3v) is 8.07. The summed E-state index contributed by atoms with van der Waals surface area (Å²) in [5.41, 5.74) is 6.59. The number of methoxy groups -OCH3 is 1. The van der Waals surface area contributed by atoms with Crippen molar-refractivity contribution in [3.63, 3.8) is 0 Å². The summed E-state index contributed by atoms with van der Waals surface area (Å²) in [6.45, 7) is 4.02. The fourth-order valence-corrected chi connectivity index (χ4v) is 5.77. The van der Waals surface area contributed by atoms with Gasteiger partial charge in [-0.2, -0.15) is 5.26 Å². The maximum absolute atomic E-state index is 9.78. The molecule has 7 nitrogen and oxygen atoms in total. The minimum absolute atomic E-state index is 0.395. The van der Waals surface area contributed by atoms with Gasteiger partial charge in [0.15, 0.2) is 0 Å². The topological polar surface area (TPSA) is 77.3 Å². The highest BCUT2D eigenvalue weighted by Crippen LogP contribution is 2.38. The Morgan fingerprint density at radius 3 is 2.59 bits per heavy atom. The van der Waals surface area contributed by atoms with Crippen LogP contribution in [0.4, 0.5) is 11.4 Å². The maximum atomic E-state index is 9.78. The second-order valence-electron chi connectivity index (χ2n) is 10.1. The van der Waals surface area contributed by atoms with Gasteiger partial charge in [-0.25, -0.2) is 0 Å². The van der Waals surface area contributed by atoms with Crippen molar-refractivity contribution >= 4 is 45.5 Å². The minimum atomic E-state index is 0.395. The molecule has 2 aromatic carbocycles. The molecule has 0 unspecified atom stereocenters. The van der Waals surface area contributed by atoms with E-state index in [-0.39, 0.29) is 0 Å². The molecule has 4 aromatic rings. The molecule has 0 aliphatic carbocycles. The van der Waals surface area contributed by atoms with Gasteiger partial charge in [-0.05, 0) is 54.8 Å². The zero-order valence-corrected chi connectivity index (χ0v) is 24.1. The van der Waals surface area contributed by atoms with Gasteiger partial charge in [0.1, 0.15) is 11.8 Å². The molecule has 0 spiro atoms. The number of halogens is 2. The molecule has 0 radical (unpaired) electrons. The van der Waals surface area contributed by atoms with Gasteiger partial charge in [0, 0.05) is 67.5 Å². The van der Waals surface area contributed by atoms with E-state index in [0.29, 0.717) is 32.7 Å². The van der Waals surface area contributed by atoms with Crippen LogP contribution in [0.5, 0.6) is 5.75 Å². The Labute approximate surface area is 249 Å². The summed E-state index contributed by atoms with van der Waals surface area (Å²) in [5.74, 6) is 0.479. The van der Waals surface area contributed by atoms with Crippen LogP contribution in [-0.2, 0) is 6.54 Å². The number of allylic oxidation sites excluding steroid dienone is 1. The minimum Gasteiger partial charge on any atom is -0.495 e. The molecule has 6 rings (SSSR count). The second-order valence-corrected chi connectivity index (χ2v) is 10.9. The van der Waals surface area contributed by atoms with E-state index in [9.17, 15) is 5.26 Å². The Morgan fingerprint density at radius 1 is 1.02 bits per heavy atom. The average molecular weight is 584 g/mol. The largest absolute Gasteiger partial charge is 0.495 e. The van der Waals surface area contributed by atoms with Crippen LogP contribution in [0, 0.1) is 11.3 Å². The van der Waals surface area contributed by atoms with Crippen LogP contribution >= 0.6 is 23.2 Å². The molecule has 0 bridgehead atoms. The maximum Gasteiger partial charge on any atom is 0.139 e. The molecule has 2 aliphatic heterocycles. The van der Waals surface area contributed by atoms with Crippen LogP contribution < -0.4 is 10.1 Å². The number of ether oxygens (including phenoxy) is 1. The molecule has 0 amide bonds. The number of aromatic nitrogens is 2. The van der Waals surface area contributed by atoms with Gasteiger partial charge in [0.25, 0.3) is 0 Å². The summed E-state index contributed by atoms with van der Waals surface area (Å²) in [6, 6.07) is 15.6. The van der Waals surface area contributed by atoms with Gasteiger partial charge in [-0.1, -0.05) is 35.3 Å². The Morgan fingerprint density at radius 2 is 1.88 bits per heavy atom. The van der Waals surface area contributed by atoms with Crippen LogP contribution in [0.3, 0.4) is 0 Å². The van der Waals surface area contributed by atoms with Gasteiger partial charge in [-0.15, -0.1) is 0 Å². The molecule has 1 saturated heterocycles. The van der Waals surface area contributed by atoms with E-state index < -0.39 is 0 Å². The average Bonchev–Trinajstić information content (AvgIpc) is 3.54. The number of nitrogens with one attached hydrogen (secondary N) is 1. The van der Waals surface area contributed by atoms with Crippen LogP contribution in [0.15, 0.2) is 78.9 Å². The number of nitrogens with zero attached hydrogens (tertiary/aromatic N) is 5. The van der Waals surface area contributed by atoms with E-state index in [1.165, 1.54) is 25.6 Å². The number of hydrogen-bond donors (Lipinski definition) is 1. The SMILES string of the molecule is COc1cc(Nc2c(C#N)cnc3cc(-c4ccc(CN5C=CC(N6CCCC6)=CC5)cn4)ccc23)c(Cl)cc1Cl. The standard InChI is InChI=1S/C32H28Cl2N6O/c1-41-31-16-30(26(33)15-27(31)34)38-32-23(17-35)19-37-29-14-22(5-6-25(29)32)28-7-4-21(18-36-28)20-39-12-8-24(9-13-39)40-10-2-3-11-40/h4-9,12,14-16,18-19H,2-3,10-11,13,20H2,1H3,(H,37,38). The predicted molar refractivity (Wildman–Crippen MR) is 164 cm³/mol. The molecule has 4 heterocycles. The third-order valence-electron chi connectivity index (χ3n) is 7.46. The van der Waals surface area contributed by atoms with Gasteiger partial charge in [-0.3, -0.25) is 9.97 Å². The van der Waals surface area contributed by atoms with Crippen molar-refractivity contribution in [2.75, 3.05) is 32.1 Å². The summed E-state index contributed by atoms with van der Waals surface area (Å²) in [6.07, 6.45) is 12.8.